The van der Waals surface area contributed by atoms with Gasteiger partial charge in [0.1, 0.15) is 12.4 Å². The van der Waals surface area contributed by atoms with Crippen LogP contribution in [0, 0.1) is 0 Å². The van der Waals surface area contributed by atoms with Crippen molar-refractivity contribution in [1.29, 1.82) is 0 Å². The lowest BCUT2D eigenvalue weighted by Crippen LogP contribution is -2.33. The van der Waals surface area contributed by atoms with E-state index in [2.05, 4.69) is 9.97 Å². The summed E-state index contributed by atoms with van der Waals surface area (Å²) < 4.78 is 0. The molecule has 1 aromatic rings. The molecule has 0 bridgehead atoms. The lowest BCUT2D eigenvalue weighted by molar-refractivity contribution is -0.137. The van der Waals surface area contributed by atoms with Crippen molar-refractivity contribution in [2.45, 2.75) is 19.8 Å². The molecule has 98 valence electrons. The van der Waals surface area contributed by atoms with Gasteiger partial charge in [0.25, 0.3) is 5.91 Å². The second-order valence-corrected chi connectivity index (χ2v) is 4.54. The maximum Gasteiger partial charge on any atom is 0.323 e. The number of nitrogens with zero attached hydrogens (tertiary/aromatic N) is 3. The molecule has 1 heterocycles. The first kappa shape index (κ1) is 14.4. The Bertz CT molecular complexity index is 477. The summed E-state index contributed by atoms with van der Waals surface area (Å²) in [6.07, 6.45) is 1.35. The molecule has 7 heteroatoms. The Hall–Kier alpha value is -1.69. The molecule has 6 nitrogen and oxygen atoms in total. The monoisotopic (exact) mass is 271 g/mol. The Balaban J connectivity index is 3.04. The number of carboxylic acids is 1. The number of likely N-dealkylation sites (N-methyl/N-ethyl adjacent to an activating group) is 1. The van der Waals surface area contributed by atoms with Crippen molar-refractivity contribution in [3.63, 3.8) is 0 Å². The first-order valence-electron chi connectivity index (χ1n) is 5.32. The lowest BCUT2D eigenvalue weighted by Gasteiger charge is -2.15. The van der Waals surface area contributed by atoms with Crippen molar-refractivity contribution in [3.05, 3.63) is 22.7 Å². The summed E-state index contributed by atoms with van der Waals surface area (Å²) in [6, 6.07) is 0. The number of carboxylic acid groups (broad SMARTS) is 1. The average molecular weight is 272 g/mol. The quantitative estimate of drug-likeness (QED) is 0.895. The number of amides is 1. The Morgan fingerprint density at radius 2 is 2.11 bits per heavy atom. The second kappa shape index (κ2) is 5.77. The third-order valence-electron chi connectivity index (χ3n) is 2.20. The maximum atomic E-state index is 12.0. The lowest BCUT2D eigenvalue weighted by atomic mass is 10.2. The largest absolute Gasteiger partial charge is 0.480 e. The molecule has 0 aliphatic carbocycles. The molecule has 1 N–H and O–H groups in total. The minimum atomic E-state index is -1.10. The van der Waals surface area contributed by atoms with Crippen molar-refractivity contribution < 1.29 is 14.7 Å². The van der Waals surface area contributed by atoms with E-state index in [-0.39, 0.29) is 16.6 Å². The van der Waals surface area contributed by atoms with E-state index in [1.165, 1.54) is 13.2 Å². The maximum absolute atomic E-state index is 12.0. The Kier molecular flexibility index (Phi) is 4.61. The molecule has 0 atom stereocenters. The minimum Gasteiger partial charge on any atom is -0.480 e. The number of carbonyl (C=O) groups is 2. The molecular formula is C11H14ClN3O3. The van der Waals surface area contributed by atoms with E-state index in [9.17, 15) is 9.59 Å². The zero-order chi connectivity index (χ0) is 13.9. The van der Waals surface area contributed by atoms with Gasteiger partial charge in [0, 0.05) is 13.0 Å². The van der Waals surface area contributed by atoms with Crippen molar-refractivity contribution in [2.75, 3.05) is 13.6 Å². The fourth-order valence-electron chi connectivity index (χ4n) is 1.26. The molecule has 0 aromatic carbocycles. The van der Waals surface area contributed by atoms with E-state index >= 15 is 0 Å². The molecule has 0 saturated heterocycles. The Morgan fingerprint density at radius 3 is 2.61 bits per heavy atom. The second-order valence-electron chi connectivity index (χ2n) is 4.13. The van der Waals surface area contributed by atoms with Crippen molar-refractivity contribution in [3.8, 4) is 0 Å². The van der Waals surface area contributed by atoms with Crippen LogP contribution in [0.4, 0.5) is 0 Å². The first-order valence-corrected chi connectivity index (χ1v) is 5.70. The van der Waals surface area contributed by atoms with Gasteiger partial charge in [-0.15, -0.1) is 0 Å². The normalized spacial score (nSPS) is 10.5. The molecular weight excluding hydrogens is 258 g/mol. The van der Waals surface area contributed by atoms with E-state index in [0.717, 1.165) is 4.90 Å². The van der Waals surface area contributed by atoms with Crippen LogP contribution in [-0.4, -0.2) is 45.4 Å². The van der Waals surface area contributed by atoms with Gasteiger partial charge in [0.05, 0.1) is 11.2 Å². The van der Waals surface area contributed by atoms with Crippen LogP contribution in [0.25, 0.3) is 0 Å². The molecule has 0 unspecified atom stereocenters. The van der Waals surface area contributed by atoms with Crippen molar-refractivity contribution >= 4 is 23.5 Å². The number of halogens is 1. The highest BCUT2D eigenvalue weighted by Crippen LogP contribution is 2.17. The van der Waals surface area contributed by atoms with Gasteiger partial charge < -0.3 is 10.0 Å². The third-order valence-corrected chi connectivity index (χ3v) is 2.48. The van der Waals surface area contributed by atoms with Gasteiger partial charge >= 0.3 is 5.97 Å². The fraction of sp³-hybridized carbons (Fsp3) is 0.455. The van der Waals surface area contributed by atoms with Crippen LogP contribution in [-0.2, 0) is 4.79 Å². The van der Waals surface area contributed by atoms with Crippen LogP contribution in [0.2, 0.25) is 5.02 Å². The van der Waals surface area contributed by atoms with E-state index < -0.39 is 18.4 Å². The number of hydrogen-bond donors (Lipinski definition) is 1. The molecule has 0 aliphatic heterocycles. The summed E-state index contributed by atoms with van der Waals surface area (Å²) in [5, 5.41) is 8.74. The van der Waals surface area contributed by atoms with E-state index in [1.807, 2.05) is 13.8 Å². The predicted molar refractivity (Wildman–Crippen MR) is 65.7 cm³/mol. The molecule has 1 rings (SSSR count). The Labute approximate surface area is 110 Å². The Morgan fingerprint density at radius 1 is 1.50 bits per heavy atom. The highest BCUT2D eigenvalue weighted by atomic mass is 35.5. The molecule has 1 amide bonds. The van der Waals surface area contributed by atoms with E-state index in [4.69, 9.17) is 16.7 Å². The summed E-state index contributed by atoms with van der Waals surface area (Å²) in [4.78, 5) is 31.6. The standard InChI is InChI=1S/C11H14ClN3O3/c1-6(2)10-13-4-7(12)9(14-10)11(18)15(3)5-8(16)17/h4,6H,5H2,1-3H3,(H,16,17). The zero-order valence-corrected chi connectivity index (χ0v) is 11.1. The van der Waals surface area contributed by atoms with Crippen LogP contribution in [0.1, 0.15) is 36.1 Å². The molecule has 0 spiro atoms. The molecule has 0 radical (unpaired) electrons. The molecule has 0 aliphatic rings. The number of rotatable bonds is 4. The molecule has 18 heavy (non-hydrogen) atoms. The van der Waals surface area contributed by atoms with Gasteiger partial charge in [-0.2, -0.15) is 0 Å². The smallest absolute Gasteiger partial charge is 0.323 e. The van der Waals surface area contributed by atoms with E-state index in [0.29, 0.717) is 5.82 Å². The van der Waals surface area contributed by atoms with Crippen molar-refractivity contribution in [2.24, 2.45) is 0 Å². The van der Waals surface area contributed by atoms with Crippen LogP contribution >= 0.6 is 11.6 Å². The van der Waals surface area contributed by atoms with Crippen molar-refractivity contribution in [1.82, 2.24) is 14.9 Å². The zero-order valence-electron chi connectivity index (χ0n) is 10.3. The number of hydrogen-bond acceptors (Lipinski definition) is 4. The fourth-order valence-corrected chi connectivity index (χ4v) is 1.44. The third kappa shape index (κ3) is 3.40. The summed E-state index contributed by atoms with van der Waals surface area (Å²) in [7, 11) is 1.38. The predicted octanol–water partition coefficient (Wildman–Crippen LogP) is 1.41. The molecule has 0 fully saturated rings. The summed E-state index contributed by atoms with van der Waals surface area (Å²) in [5.41, 5.74) is 0.0270. The van der Waals surface area contributed by atoms with Gasteiger partial charge in [-0.25, -0.2) is 9.97 Å². The highest BCUT2D eigenvalue weighted by Gasteiger charge is 2.20. The number of aliphatic carboxylic acids is 1. The SMILES string of the molecule is CC(C)c1ncc(Cl)c(C(=O)N(C)CC(=O)O)n1. The summed E-state index contributed by atoms with van der Waals surface area (Å²) in [5.74, 6) is -1.09. The van der Waals surface area contributed by atoms with Crippen LogP contribution in [0.5, 0.6) is 0 Å². The van der Waals surface area contributed by atoms with Gasteiger partial charge in [-0.05, 0) is 0 Å². The topological polar surface area (TPSA) is 83.4 Å². The van der Waals surface area contributed by atoms with Gasteiger partial charge in [0.15, 0.2) is 5.69 Å². The van der Waals surface area contributed by atoms with Crippen LogP contribution in [0.15, 0.2) is 6.20 Å². The van der Waals surface area contributed by atoms with Gasteiger partial charge in [0.2, 0.25) is 0 Å². The van der Waals surface area contributed by atoms with Gasteiger partial charge in [-0.1, -0.05) is 25.4 Å². The molecule has 1 aromatic heterocycles. The van der Waals surface area contributed by atoms with Gasteiger partial charge in [-0.3, -0.25) is 9.59 Å². The number of carbonyl (C=O) groups excluding carboxylic acids is 1. The highest BCUT2D eigenvalue weighted by molar-refractivity contribution is 6.33. The number of aromatic nitrogens is 2. The minimum absolute atomic E-state index is 0.0270. The first-order chi connectivity index (χ1) is 8.32. The summed E-state index contributed by atoms with van der Waals surface area (Å²) in [6.45, 7) is 3.37. The summed E-state index contributed by atoms with van der Waals surface area (Å²) >= 11 is 5.86. The van der Waals surface area contributed by atoms with Crippen LogP contribution in [0.3, 0.4) is 0 Å². The molecule has 0 saturated carbocycles. The van der Waals surface area contributed by atoms with E-state index in [1.54, 1.807) is 0 Å². The van der Waals surface area contributed by atoms with Crippen LogP contribution < -0.4 is 0 Å². The average Bonchev–Trinajstić information content (AvgIpc) is 2.27.